The molecule has 0 saturated heterocycles. The topological polar surface area (TPSA) is 20.3 Å². The van der Waals surface area contributed by atoms with Gasteiger partial charge in [-0.2, -0.15) is 0 Å². The molecule has 0 rings (SSSR count). The van der Waals surface area contributed by atoms with Crippen LogP contribution < -0.4 is 0 Å². The fraction of sp³-hybridized carbons (Fsp3) is 0.667. The Kier molecular flexibility index (Phi) is 3.13. The van der Waals surface area contributed by atoms with E-state index in [0.29, 0.717) is 6.54 Å². The number of halogens is 1. The molecule has 0 unspecified atom stereocenters. The van der Waals surface area contributed by atoms with Gasteiger partial charge in [-0.05, 0) is 6.92 Å². The van der Waals surface area contributed by atoms with Crippen LogP contribution in [0.2, 0.25) is 0 Å². The van der Waals surface area contributed by atoms with E-state index in [2.05, 4.69) is 16.1 Å². The zero-order chi connectivity index (χ0) is 4.99. The average Bonchev–Trinajstić information content (AvgIpc) is 1.65. The van der Waals surface area contributed by atoms with Crippen LogP contribution in [0.4, 0.5) is 0 Å². The molecule has 0 aromatic heterocycles. The van der Waals surface area contributed by atoms with E-state index in [1.165, 1.54) is 3.93 Å². The van der Waals surface area contributed by atoms with Gasteiger partial charge < -0.3 is 0 Å². The third kappa shape index (κ3) is 2.20. The van der Waals surface area contributed by atoms with Gasteiger partial charge in [0.25, 0.3) is 0 Å². The predicted molar refractivity (Wildman–Crippen MR) is 27.0 cm³/mol. The molecule has 0 aliphatic carbocycles. The third-order valence-electron chi connectivity index (χ3n) is 0.377. The van der Waals surface area contributed by atoms with E-state index in [1.54, 1.807) is 6.41 Å². The largest absolute Gasteiger partial charge is 0.322 e. The minimum Gasteiger partial charge on any atom is -0.271 e. The molecular weight excluding hydrogens is 146 g/mol. The van der Waals surface area contributed by atoms with E-state index < -0.39 is 0 Å². The molecule has 6 heavy (non-hydrogen) atoms. The zero-order valence-corrected chi connectivity index (χ0v) is 5.03. The van der Waals surface area contributed by atoms with Crippen LogP contribution in [0.15, 0.2) is 0 Å². The molecule has 0 atom stereocenters. The van der Waals surface area contributed by atoms with Gasteiger partial charge in [0.15, 0.2) is 0 Å². The molecule has 0 heterocycles. The molecule has 0 saturated carbocycles. The molecule has 0 bridgehead atoms. The summed E-state index contributed by atoms with van der Waals surface area (Å²) in [6.07, 6.45) is 1.61. The Hall–Kier alpha value is -0.0500. The van der Waals surface area contributed by atoms with Gasteiger partial charge >= 0.3 is 6.41 Å². The lowest BCUT2D eigenvalue weighted by Crippen LogP contribution is -2.05. The van der Waals surface area contributed by atoms with E-state index in [9.17, 15) is 4.79 Å². The highest BCUT2D eigenvalue weighted by atomic mass is 79.9. The first kappa shape index (κ1) is 5.95. The minimum atomic E-state index is 0.656. The van der Waals surface area contributed by atoms with Crippen LogP contribution in [0.5, 0.6) is 0 Å². The highest BCUT2D eigenvalue weighted by Crippen LogP contribution is 1.87. The van der Waals surface area contributed by atoms with Crippen molar-refractivity contribution < 1.29 is 4.79 Å². The van der Waals surface area contributed by atoms with Crippen molar-refractivity contribution in [2.24, 2.45) is 0 Å². The summed E-state index contributed by atoms with van der Waals surface area (Å²) in [4.78, 5) is 9.49. The van der Waals surface area contributed by atoms with Gasteiger partial charge in [0.2, 0.25) is 0 Å². The second-order valence-corrected chi connectivity index (χ2v) is 1.63. The summed E-state index contributed by atoms with van der Waals surface area (Å²) in [5.41, 5.74) is 0. The van der Waals surface area contributed by atoms with E-state index in [0.717, 1.165) is 0 Å². The summed E-state index contributed by atoms with van der Waals surface area (Å²) >= 11 is 2.89. The van der Waals surface area contributed by atoms with Crippen LogP contribution in [-0.2, 0) is 4.79 Å². The van der Waals surface area contributed by atoms with Gasteiger partial charge in [-0.15, -0.1) is 0 Å². The lowest BCUT2D eigenvalue weighted by Gasteiger charge is -1.96. The Bertz CT molecular complexity index is 48.1. The van der Waals surface area contributed by atoms with Crippen molar-refractivity contribution >= 4 is 22.6 Å². The predicted octanol–water partition coefficient (Wildman–Crippen LogP) is 0.685. The van der Waals surface area contributed by atoms with Crippen molar-refractivity contribution in [2.75, 3.05) is 6.54 Å². The third-order valence-corrected chi connectivity index (χ3v) is 1.02. The van der Waals surface area contributed by atoms with Crippen molar-refractivity contribution in [3.63, 3.8) is 0 Å². The molecule has 0 aromatic rings. The van der Waals surface area contributed by atoms with Crippen LogP contribution in [0.25, 0.3) is 0 Å². The van der Waals surface area contributed by atoms with Crippen molar-refractivity contribution in [1.82, 2.24) is 3.93 Å². The van der Waals surface area contributed by atoms with Gasteiger partial charge in [-0.25, -0.2) is 0 Å². The number of rotatable bonds is 2. The Morgan fingerprint density at radius 2 is 2.50 bits per heavy atom. The second kappa shape index (κ2) is 3.15. The minimum absolute atomic E-state index is 0.656. The molecule has 0 spiro atoms. The Balaban J connectivity index is 2.96. The molecule has 0 aromatic carbocycles. The maximum Gasteiger partial charge on any atom is 0.322 e. The van der Waals surface area contributed by atoms with Crippen LogP contribution in [0, 0.1) is 0 Å². The molecule has 3 heteroatoms. The fourth-order valence-electron chi connectivity index (χ4n) is 0.0645. The molecule has 0 fully saturated rings. The summed E-state index contributed by atoms with van der Waals surface area (Å²) in [6.45, 7) is 2.50. The molecule has 1 radical (unpaired) electrons. The zero-order valence-electron chi connectivity index (χ0n) is 3.44. The van der Waals surface area contributed by atoms with Crippen LogP contribution >= 0.6 is 16.1 Å². The lowest BCUT2D eigenvalue weighted by atomic mass is 10.8. The number of carbonyl (C=O) groups excluding carboxylic acids is 1. The van der Waals surface area contributed by atoms with E-state index in [1.807, 2.05) is 6.92 Å². The van der Waals surface area contributed by atoms with Gasteiger partial charge in [-0.3, -0.25) is 8.72 Å². The summed E-state index contributed by atoms with van der Waals surface area (Å²) in [5.74, 6) is 0. The molecule has 0 N–H and O–H groups in total. The van der Waals surface area contributed by atoms with E-state index in [4.69, 9.17) is 0 Å². The standard InChI is InChI=1S/C3H5BrNO/c1-2-5(4)3-6/h2H2,1H3. The van der Waals surface area contributed by atoms with Gasteiger partial charge in [0.1, 0.15) is 0 Å². The van der Waals surface area contributed by atoms with Gasteiger partial charge in [0.05, 0.1) is 16.1 Å². The number of hydrogen-bond donors (Lipinski definition) is 0. The smallest absolute Gasteiger partial charge is 0.271 e. The molecule has 2 nitrogen and oxygen atoms in total. The van der Waals surface area contributed by atoms with E-state index >= 15 is 0 Å². The normalized spacial score (nSPS) is 7.67. The first-order valence-electron chi connectivity index (χ1n) is 1.62. The maximum atomic E-state index is 9.49. The van der Waals surface area contributed by atoms with Crippen molar-refractivity contribution in [3.05, 3.63) is 0 Å². The summed E-state index contributed by atoms with van der Waals surface area (Å²) in [5, 5.41) is 0. The van der Waals surface area contributed by atoms with Crippen LogP contribution in [0.1, 0.15) is 6.92 Å². The van der Waals surface area contributed by atoms with Crippen molar-refractivity contribution in [3.8, 4) is 0 Å². The van der Waals surface area contributed by atoms with Crippen LogP contribution in [-0.4, -0.2) is 16.9 Å². The Morgan fingerprint density at radius 3 is 2.50 bits per heavy atom. The highest BCUT2D eigenvalue weighted by molar-refractivity contribution is 9.07. The highest BCUT2D eigenvalue weighted by Gasteiger charge is 1.85. The maximum absolute atomic E-state index is 9.49. The first-order valence-corrected chi connectivity index (χ1v) is 2.33. The summed E-state index contributed by atoms with van der Waals surface area (Å²) in [7, 11) is 0. The monoisotopic (exact) mass is 150 g/mol. The Labute approximate surface area is 45.5 Å². The lowest BCUT2D eigenvalue weighted by molar-refractivity contribution is 0.515. The van der Waals surface area contributed by atoms with E-state index in [-0.39, 0.29) is 0 Å². The number of hydrogen-bond acceptors (Lipinski definition) is 1. The molecule has 0 aliphatic rings. The number of nitrogens with zero attached hydrogens (tertiary/aromatic N) is 1. The summed E-state index contributed by atoms with van der Waals surface area (Å²) in [6, 6.07) is 0. The average molecular weight is 151 g/mol. The molecule has 0 aliphatic heterocycles. The first-order chi connectivity index (χ1) is 2.81. The van der Waals surface area contributed by atoms with Crippen molar-refractivity contribution in [2.45, 2.75) is 6.92 Å². The fourth-order valence-corrected chi connectivity index (χ4v) is 0.0645. The molecule has 1 amide bonds. The molecular formula is C3H5BrNO. The quantitative estimate of drug-likeness (QED) is 0.419. The number of amides is 1. The SMILES string of the molecule is CCN(Br)[C]=O. The second-order valence-electron chi connectivity index (χ2n) is 0.770. The van der Waals surface area contributed by atoms with Crippen molar-refractivity contribution in [1.29, 1.82) is 0 Å². The van der Waals surface area contributed by atoms with Gasteiger partial charge in [-0.1, -0.05) is 0 Å². The van der Waals surface area contributed by atoms with Gasteiger partial charge in [0, 0.05) is 6.54 Å². The summed E-state index contributed by atoms with van der Waals surface area (Å²) < 4.78 is 1.26. The molecule has 35 valence electrons. The Morgan fingerprint density at radius 1 is 2.00 bits per heavy atom. The van der Waals surface area contributed by atoms with Crippen LogP contribution in [0.3, 0.4) is 0 Å².